The first kappa shape index (κ1) is 15.2. The first-order valence-corrected chi connectivity index (χ1v) is 6.84. The number of ether oxygens (including phenoxy) is 1. The molecule has 0 atom stereocenters. The zero-order chi connectivity index (χ0) is 15.2. The van der Waals surface area contributed by atoms with Crippen LogP contribution in [0, 0.1) is 0 Å². The number of anilines is 1. The van der Waals surface area contributed by atoms with Crippen LogP contribution in [0.25, 0.3) is 0 Å². The lowest BCUT2D eigenvalue weighted by atomic mass is 10.0. The van der Waals surface area contributed by atoms with Crippen molar-refractivity contribution in [3.05, 3.63) is 58.6 Å². The summed E-state index contributed by atoms with van der Waals surface area (Å²) in [6, 6.07) is 12.8. The quantitative estimate of drug-likeness (QED) is 0.856. The highest BCUT2D eigenvalue weighted by atomic mass is 35.5. The number of halogens is 1. The van der Waals surface area contributed by atoms with Gasteiger partial charge in [0.05, 0.1) is 19.2 Å². The van der Waals surface area contributed by atoms with Crippen LogP contribution in [-0.2, 0) is 17.8 Å². The fraction of sp³-hybridized carbons (Fsp3) is 0.188. The Kier molecular flexibility index (Phi) is 5.06. The molecule has 21 heavy (non-hydrogen) atoms. The first-order chi connectivity index (χ1) is 10.1. The highest BCUT2D eigenvalue weighted by molar-refractivity contribution is 6.30. The third-order valence-corrected chi connectivity index (χ3v) is 3.33. The molecule has 110 valence electrons. The molecule has 2 N–H and O–H groups in total. The van der Waals surface area contributed by atoms with E-state index in [1.807, 2.05) is 24.3 Å². The van der Waals surface area contributed by atoms with Crippen molar-refractivity contribution >= 4 is 23.3 Å². The Morgan fingerprint density at radius 2 is 1.95 bits per heavy atom. The lowest BCUT2D eigenvalue weighted by molar-refractivity contribution is -0.136. The Morgan fingerprint density at radius 3 is 2.62 bits per heavy atom. The maximum atomic E-state index is 10.9. The predicted molar refractivity (Wildman–Crippen MR) is 83.1 cm³/mol. The molecule has 5 heteroatoms. The van der Waals surface area contributed by atoms with Gasteiger partial charge in [-0.15, -0.1) is 0 Å². The maximum absolute atomic E-state index is 10.9. The summed E-state index contributed by atoms with van der Waals surface area (Å²) in [5.74, 6) is -0.155. The number of nitrogens with one attached hydrogen (secondary N) is 1. The average Bonchev–Trinajstić information content (AvgIpc) is 2.46. The number of carboxylic acid groups (broad SMARTS) is 1. The highest BCUT2D eigenvalue weighted by Gasteiger charge is 2.08. The third kappa shape index (κ3) is 4.13. The Bertz CT molecular complexity index is 643. The molecule has 2 rings (SSSR count). The van der Waals surface area contributed by atoms with Crippen molar-refractivity contribution < 1.29 is 14.6 Å². The van der Waals surface area contributed by atoms with Gasteiger partial charge in [-0.3, -0.25) is 4.79 Å². The van der Waals surface area contributed by atoms with Crippen LogP contribution < -0.4 is 10.1 Å². The van der Waals surface area contributed by atoms with Crippen molar-refractivity contribution in [2.45, 2.75) is 13.0 Å². The number of carboxylic acids is 1. The van der Waals surface area contributed by atoms with Gasteiger partial charge in [0.1, 0.15) is 5.75 Å². The molecular formula is C16H16ClNO3. The number of benzene rings is 2. The van der Waals surface area contributed by atoms with E-state index in [9.17, 15) is 4.79 Å². The van der Waals surface area contributed by atoms with E-state index in [1.54, 1.807) is 25.3 Å². The molecule has 0 heterocycles. The fourth-order valence-electron chi connectivity index (χ4n) is 2.07. The zero-order valence-corrected chi connectivity index (χ0v) is 12.4. The zero-order valence-electron chi connectivity index (χ0n) is 11.6. The second kappa shape index (κ2) is 6.99. The third-order valence-electron chi connectivity index (χ3n) is 3.09. The van der Waals surface area contributed by atoms with E-state index < -0.39 is 5.97 Å². The summed E-state index contributed by atoms with van der Waals surface area (Å²) in [7, 11) is 1.59. The van der Waals surface area contributed by atoms with Crippen molar-refractivity contribution in [1.29, 1.82) is 0 Å². The number of hydrogen-bond donors (Lipinski definition) is 2. The van der Waals surface area contributed by atoms with Crippen LogP contribution in [0.1, 0.15) is 11.1 Å². The molecule has 0 radical (unpaired) electrons. The number of aliphatic carboxylic acids is 1. The van der Waals surface area contributed by atoms with Gasteiger partial charge in [-0.1, -0.05) is 35.9 Å². The molecule has 0 aliphatic rings. The molecule has 4 nitrogen and oxygen atoms in total. The molecule has 0 amide bonds. The smallest absolute Gasteiger partial charge is 0.307 e. The van der Waals surface area contributed by atoms with E-state index in [0.29, 0.717) is 17.3 Å². The Balaban J connectivity index is 2.17. The largest absolute Gasteiger partial charge is 0.495 e. The minimum atomic E-state index is -0.845. The Labute approximate surface area is 128 Å². The topological polar surface area (TPSA) is 58.6 Å². The summed E-state index contributed by atoms with van der Waals surface area (Å²) in [6.07, 6.45) is 0.00450. The number of methoxy groups -OCH3 is 1. The maximum Gasteiger partial charge on any atom is 0.307 e. The van der Waals surface area contributed by atoms with E-state index in [0.717, 1.165) is 16.8 Å². The second-order valence-corrected chi connectivity index (χ2v) is 4.97. The van der Waals surface area contributed by atoms with Crippen molar-refractivity contribution in [3.8, 4) is 5.75 Å². The molecule has 0 bridgehead atoms. The summed E-state index contributed by atoms with van der Waals surface area (Å²) in [6.45, 7) is 0.500. The van der Waals surface area contributed by atoms with Crippen molar-refractivity contribution in [1.82, 2.24) is 0 Å². The molecule has 0 aromatic heterocycles. The molecule has 0 spiro atoms. The van der Waals surface area contributed by atoms with Gasteiger partial charge in [-0.05, 0) is 29.3 Å². The van der Waals surface area contributed by atoms with Crippen LogP contribution in [-0.4, -0.2) is 18.2 Å². The van der Waals surface area contributed by atoms with Crippen LogP contribution in [0.4, 0.5) is 5.69 Å². The Morgan fingerprint density at radius 1 is 1.24 bits per heavy atom. The normalized spacial score (nSPS) is 10.2. The van der Waals surface area contributed by atoms with Gasteiger partial charge in [-0.25, -0.2) is 0 Å². The summed E-state index contributed by atoms with van der Waals surface area (Å²) >= 11 is 5.98. The van der Waals surface area contributed by atoms with Gasteiger partial charge in [0.25, 0.3) is 0 Å². The molecule has 2 aromatic rings. The van der Waals surface area contributed by atoms with Crippen molar-refractivity contribution in [2.24, 2.45) is 0 Å². The second-order valence-electron chi connectivity index (χ2n) is 4.54. The molecule has 0 saturated heterocycles. The van der Waals surface area contributed by atoms with Crippen LogP contribution in [0.5, 0.6) is 5.75 Å². The predicted octanol–water partition coefficient (Wildman–Crippen LogP) is 3.59. The molecule has 0 fully saturated rings. The van der Waals surface area contributed by atoms with Crippen LogP contribution in [0.3, 0.4) is 0 Å². The standard InChI is InChI=1S/C16H16ClNO3/c1-21-15-7-6-13(17)9-14(15)18-10-12-5-3-2-4-11(12)8-16(19)20/h2-7,9,18H,8,10H2,1H3,(H,19,20). The van der Waals surface area contributed by atoms with E-state index in [2.05, 4.69) is 5.32 Å². The van der Waals surface area contributed by atoms with Gasteiger partial charge in [0.15, 0.2) is 0 Å². The molecule has 0 aliphatic heterocycles. The fourth-order valence-corrected chi connectivity index (χ4v) is 2.25. The van der Waals surface area contributed by atoms with Gasteiger partial charge in [0.2, 0.25) is 0 Å². The average molecular weight is 306 g/mol. The monoisotopic (exact) mass is 305 g/mol. The van der Waals surface area contributed by atoms with Gasteiger partial charge >= 0.3 is 5.97 Å². The van der Waals surface area contributed by atoms with Crippen LogP contribution in [0.2, 0.25) is 5.02 Å². The summed E-state index contributed by atoms with van der Waals surface area (Å²) < 4.78 is 5.27. The molecule has 0 saturated carbocycles. The van der Waals surface area contributed by atoms with Crippen LogP contribution in [0.15, 0.2) is 42.5 Å². The highest BCUT2D eigenvalue weighted by Crippen LogP contribution is 2.28. The first-order valence-electron chi connectivity index (χ1n) is 6.46. The molecule has 0 aliphatic carbocycles. The summed E-state index contributed by atoms with van der Waals surface area (Å²) in [5, 5.41) is 12.8. The SMILES string of the molecule is COc1ccc(Cl)cc1NCc1ccccc1CC(=O)O. The lowest BCUT2D eigenvalue weighted by Gasteiger charge is -2.13. The number of hydrogen-bond acceptors (Lipinski definition) is 3. The minimum absolute atomic E-state index is 0.00450. The van der Waals surface area contributed by atoms with Crippen molar-refractivity contribution in [2.75, 3.05) is 12.4 Å². The van der Waals surface area contributed by atoms with E-state index in [-0.39, 0.29) is 6.42 Å². The minimum Gasteiger partial charge on any atom is -0.495 e. The van der Waals surface area contributed by atoms with E-state index in [4.69, 9.17) is 21.4 Å². The van der Waals surface area contributed by atoms with Crippen LogP contribution >= 0.6 is 11.6 Å². The van der Waals surface area contributed by atoms with Crippen molar-refractivity contribution in [3.63, 3.8) is 0 Å². The van der Waals surface area contributed by atoms with E-state index in [1.165, 1.54) is 0 Å². The summed E-state index contributed by atoms with van der Waals surface area (Å²) in [4.78, 5) is 10.9. The lowest BCUT2D eigenvalue weighted by Crippen LogP contribution is -2.07. The molecule has 2 aromatic carbocycles. The summed E-state index contributed by atoms with van der Waals surface area (Å²) in [5.41, 5.74) is 2.50. The number of carbonyl (C=O) groups is 1. The van der Waals surface area contributed by atoms with Gasteiger partial charge in [-0.2, -0.15) is 0 Å². The van der Waals surface area contributed by atoms with Gasteiger partial charge in [0, 0.05) is 11.6 Å². The van der Waals surface area contributed by atoms with E-state index >= 15 is 0 Å². The molecular weight excluding hydrogens is 290 g/mol. The van der Waals surface area contributed by atoms with Gasteiger partial charge < -0.3 is 15.2 Å². The Hall–Kier alpha value is -2.20. The molecule has 0 unspecified atom stereocenters. The number of rotatable bonds is 6.